The molecule has 2 fully saturated rings. The minimum absolute atomic E-state index is 0.0819. The van der Waals surface area contributed by atoms with E-state index in [2.05, 4.69) is 36.1 Å². The van der Waals surface area contributed by atoms with Gasteiger partial charge in [-0.2, -0.15) is 0 Å². The van der Waals surface area contributed by atoms with Crippen LogP contribution < -0.4 is 5.32 Å². The van der Waals surface area contributed by atoms with Crippen molar-refractivity contribution in [3.63, 3.8) is 0 Å². The normalized spacial score (nSPS) is 24.0. The van der Waals surface area contributed by atoms with Gasteiger partial charge in [0, 0.05) is 12.6 Å². The fourth-order valence-corrected chi connectivity index (χ4v) is 3.65. The molecule has 1 aliphatic heterocycles. The van der Waals surface area contributed by atoms with Crippen molar-refractivity contribution >= 4 is 5.97 Å². The Balaban J connectivity index is 2.01. The molecule has 0 aromatic carbocycles. The highest BCUT2D eigenvalue weighted by molar-refractivity contribution is 5.82. The van der Waals surface area contributed by atoms with Crippen molar-refractivity contribution in [2.75, 3.05) is 47.4 Å². The molecule has 1 N–H and O–H groups in total. The Hall–Kier alpha value is -0.650. The summed E-state index contributed by atoms with van der Waals surface area (Å²) < 4.78 is 5.13. The van der Waals surface area contributed by atoms with E-state index in [-0.39, 0.29) is 5.97 Å². The molecule has 5 heteroatoms. The summed E-state index contributed by atoms with van der Waals surface area (Å²) in [7, 11) is 5.82. The number of likely N-dealkylation sites (N-methyl/N-ethyl adjacent to an activating group) is 1. The van der Waals surface area contributed by atoms with Crippen LogP contribution in [0.2, 0.25) is 0 Å². The van der Waals surface area contributed by atoms with Gasteiger partial charge in [-0.3, -0.25) is 0 Å². The van der Waals surface area contributed by atoms with Gasteiger partial charge in [0.2, 0.25) is 0 Å². The predicted molar refractivity (Wildman–Crippen MR) is 84.3 cm³/mol. The zero-order valence-electron chi connectivity index (χ0n) is 14.0. The molecule has 1 saturated heterocycles. The quantitative estimate of drug-likeness (QED) is 0.709. The van der Waals surface area contributed by atoms with Crippen LogP contribution in [0.25, 0.3) is 0 Å². The van der Waals surface area contributed by atoms with Gasteiger partial charge in [0.15, 0.2) is 0 Å². The molecule has 0 aromatic rings. The van der Waals surface area contributed by atoms with Gasteiger partial charge in [-0.1, -0.05) is 6.92 Å². The summed E-state index contributed by atoms with van der Waals surface area (Å²) in [6.45, 7) is 5.80. The van der Waals surface area contributed by atoms with Gasteiger partial charge in [0.25, 0.3) is 0 Å². The third-order valence-corrected chi connectivity index (χ3v) is 5.08. The lowest BCUT2D eigenvalue weighted by Crippen LogP contribution is -2.62. The fraction of sp³-hybridized carbons (Fsp3) is 0.938. The maximum atomic E-state index is 12.4. The van der Waals surface area contributed by atoms with Crippen LogP contribution in [0.1, 0.15) is 32.6 Å². The Morgan fingerprint density at radius 2 is 1.90 bits per heavy atom. The summed E-state index contributed by atoms with van der Waals surface area (Å²) >= 11 is 0. The van der Waals surface area contributed by atoms with Crippen LogP contribution in [0.3, 0.4) is 0 Å². The maximum Gasteiger partial charge on any atom is 0.327 e. The lowest BCUT2D eigenvalue weighted by molar-refractivity contribution is -0.151. The lowest BCUT2D eigenvalue weighted by Gasteiger charge is -2.41. The summed E-state index contributed by atoms with van der Waals surface area (Å²) in [5.74, 6) is 0.359. The number of methoxy groups -OCH3 is 1. The smallest absolute Gasteiger partial charge is 0.327 e. The Labute approximate surface area is 129 Å². The Morgan fingerprint density at radius 3 is 2.33 bits per heavy atom. The molecule has 0 amide bonds. The van der Waals surface area contributed by atoms with Gasteiger partial charge in [0.1, 0.15) is 5.54 Å². The molecular weight excluding hydrogens is 266 g/mol. The number of carbonyl (C=O) groups is 1. The summed E-state index contributed by atoms with van der Waals surface area (Å²) in [5.41, 5.74) is -0.492. The van der Waals surface area contributed by atoms with E-state index < -0.39 is 5.54 Å². The lowest BCUT2D eigenvalue weighted by atomic mass is 9.90. The number of likely N-dealkylation sites (tertiary alicyclic amines) is 1. The van der Waals surface area contributed by atoms with Crippen LogP contribution in [0.15, 0.2) is 0 Å². The first-order valence-electron chi connectivity index (χ1n) is 8.25. The molecule has 1 unspecified atom stereocenters. The van der Waals surface area contributed by atoms with Gasteiger partial charge in [-0.05, 0) is 65.3 Å². The maximum absolute atomic E-state index is 12.4. The number of rotatable bonds is 7. The van der Waals surface area contributed by atoms with E-state index in [4.69, 9.17) is 4.74 Å². The highest BCUT2D eigenvalue weighted by atomic mass is 16.5. The number of hydrogen-bond acceptors (Lipinski definition) is 5. The van der Waals surface area contributed by atoms with Gasteiger partial charge >= 0.3 is 5.97 Å². The van der Waals surface area contributed by atoms with Gasteiger partial charge in [-0.15, -0.1) is 0 Å². The summed E-state index contributed by atoms with van der Waals surface area (Å²) in [5, 5.41) is 3.46. The van der Waals surface area contributed by atoms with Crippen molar-refractivity contribution in [3.8, 4) is 0 Å². The van der Waals surface area contributed by atoms with E-state index in [1.165, 1.54) is 20.0 Å². The number of carbonyl (C=O) groups excluding carboxylic acids is 1. The molecular formula is C16H31N3O2. The highest BCUT2D eigenvalue weighted by Crippen LogP contribution is 2.41. The van der Waals surface area contributed by atoms with Crippen molar-refractivity contribution in [2.45, 2.75) is 44.2 Å². The topological polar surface area (TPSA) is 44.8 Å². The van der Waals surface area contributed by atoms with Gasteiger partial charge < -0.3 is 19.9 Å². The molecule has 1 aliphatic carbocycles. The second-order valence-corrected chi connectivity index (χ2v) is 6.74. The molecule has 5 nitrogen and oxygen atoms in total. The molecule has 1 saturated carbocycles. The molecule has 0 spiro atoms. The number of nitrogens with zero attached hydrogens (tertiary/aromatic N) is 2. The third-order valence-electron chi connectivity index (χ3n) is 5.08. The van der Waals surface area contributed by atoms with Crippen molar-refractivity contribution < 1.29 is 9.53 Å². The summed E-state index contributed by atoms with van der Waals surface area (Å²) in [6.07, 6.45) is 4.63. The van der Waals surface area contributed by atoms with Crippen molar-refractivity contribution in [1.82, 2.24) is 15.1 Å². The second kappa shape index (κ2) is 7.07. The Bertz CT molecular complexity index is 349. The average molecular weight is 297 g/mol. The summed E-state index contributed by atoms with van der Waals surface area (Å²) in [6, 6.07) is 0.675. The molecule has 1 heterocycles. The fourth-order valence-electron chi connectivity index (χ4n) is 3.65. The van der Waals surface area contributed by atoms with Crippen LogP contribution in [-0.4, -0.2) is 74.7 Å². The zero-order chi connectivity index (χ0) is 15.5. The van der Waals surface area contributed by atoms with Gasteiger partial charge in [-0.25, -0.2) is 4.79 Å². The standard InChI is InChI=1S/C16H31N3O2/c1-5-17-16(13-6-7-13,15(20)21-4)12-19-10-8-14(9-11-19)18(2)3/h13-14,17H,5-12H2,1-4H3. The number of ether oxygens (including phenoxy) is 1. The first-order valence-corrected chi connectivity index (χ1v) is 8.25. The molecule has 2 aliphatic rings. The van der Waals surface area contributed by atoms with E-state index in [9.17, 15) is 4.79 Å². The Morgan fingerprint density at radius 1 is 1.29 bits per heavy atom. The van der Waals surface area contributed by atoms with Crippen molar-refractivity contribution in [3.05, 3.63) is 0 Å². The molecule has 0 radical (unpaired) electrons. The highest BCUT2D eigenvalue weighted by Gasteiger charge is 2.52. The molecule has 21 heavy (non-hydrogen) atoms. The number of nitrogens with one attached hydrogen (secondary N) is 1. The number of piperidine rings is 1. The van der Waals surface area contributed by atoms with Crippen LogP contribution >= 0.6 is 0 Å². The SMILES string of the molecule is CCNC(CN1CCC(N(C)C)CC1)(C(=O)OC)C1CC1. The van der Waals surface area contributed by atoms with E-state index in [0.717, 1.165) is 39.0 Å². The van der Waals surface area contributed by atoms with E-state index >= 15 is 0 Å². The minimum atomic E-state index is -0.492. The predicted octanol–water partition coefficient (Wildman–Crippen LogP) is 0.944. The van der Waals surface area contributed by atoms with Crippen LogP contribution in [0.4, 0.5) is 0 Å². The van der Waals surface area contributed by atoms with Crippen LogP contribution in [0, 0.1) is 5.92 Å². The number of esters is 1. The zero-order valence-corrected chi connectivity index (χ0v) is 14.0. The van der Waals surface area contributed by atoms with E-state index in [1.54, 1.807) is 0 Å². The third kappa shape index (κ3) is 3.76. The molecule has 122 valence electrons. The minimum Gasteiger partial charge on any atom is -0.468 e. The van der Waals surface area contributed by atoms with E-state index in [1.807, 2.05) is 0 Å². The van der Waals surface area contributed by atoms with Crippen LogP contribution in [0.5, 0.6) is 0 Å². The average Bonchev–Trinajstić information content (AvgIpc) is 3.31. The monoisotopic (exact) mass is 297 g/mol. The first-order chi connectivity index (χ1) is 10.0. The molecule has 2 rings (SSSR count). The van der Waals surface area contributed by atoms with Crippen molar-refractivity contribution in [1.29, 1.82) is 0 Å². The number of hydrogen-bond donors (Lipinski definition) is 1. The molecule has 1 atom stereocenters. The largest absolute Gasteiger partial charge is 0.468 e. The van der Waals surface area contributed by atoms with Crippen molar-refractivity contribution in [2.24, 2.45) is 5.92 Å². The van der Waals surface area contributed by atoms with Gasteiger partial charge in [0.05, 0.1) is 7.11 Å². The molecule has 0 bridgehead atoms. The molecule has 0 aromatic heterocycles. The second-order valence-electron chi connectivity index (χ2n) is 6.74. The summed E-state index contributed by atoms with van der Waals surface area (Å²) in [4.78, 5) is 17.2. The Kier molecular flexibility index (Phi) is 5.63. The van der Waals surface area contributed by atoms with E-state index in [0.29, 0.717) is 12.0 Å². The first kappa shape index (κ1) is 16.7. The van der Waals surface area contributed by atoms with Crippen LogP contribution in [-0.2, 0) is 9.53 Å².